The van der Waals surface area contributed by atoms with Gasteiger partial charge in [0.15, 0.2) is 18.3 Å². The highest BCUT2D eigenvalue weighted by Gasteiger charge is 2.45. The standard InChI is InChI=1S/C12H14F3N3O4/c1-22-8(6-19)9(20)12(15,3-2-4-13)18-5-7(14)10(16)17-11(18)21/h5,8-9,19-20H,4,6H2,1H3,(H2,16,17,21)/t8?,9?,12-/m0/s1. The van der Waals surface area contributed by atoms with E-state index in [1.807, 2.05) is 0 Å². The molecule has 0 radical (unpaired) electrons. The van der Waals surface area contributed by atoms with Gasteiger partial charge in [0.05, 0.1) is 12.8 Å². The number of hydrogen-bond acceptors (Lipinski definition) is 6. The third-order valence-corrected chi connectivity index (χ3v) is 2.82. The largest absolute Gasteiger partial charge is 0.394 e. The van der Waals surface area contributed by atoms with Crippen LogP contribution in [0.4, 0.5) is 19.0 Å². The van der Waals surface area contributed by atoms with Crippen molar-refractivity contribution in [2.24, 2.45) is 0 Å². The number of aromatic nitrogens is 2. The van der Waals surface area contributed by atoms with E-state index in [1.165, 1.54) is 0 Å². The van der Waals surface area contributed by atoms with E-state index in [4.69, 9.17) is 10.8 Å². The first-order valence-corrected chi connectivity index (χ1v) is 5.93. The van der Waals surface area contributed by atoms with Crippen molar-refractivity contribution in [3.05, 3.63) is 22.5 Å². The van der Waals surface area contributed by atoms with E-state index in [2.05, 4.69) is 9.72 Å². The quantitative estimate of drug-likeness (QED) is 0.596. The van der Waals surface area contributed by atoms with Gasteiger partial charge in [0.25, 0.3) is 5.79 Å². The van der Waals surface area contributed by atoms with Crippen molar-refractivity contribution in [3.8, 4) is 11.8 Å². The average molecular weight is 321 g/mol. The molecule has 0 amide bonds. The lowest BCUT2D eigenvalue weighted by atomic mass is 10.0. The van der Waals surface area contributed by atoms with Gasteiger partial charge in [-0.2, -0.15) is 4.98 Å². The Balaban J connectivity index is 3.53. The van der Waals surface area contributed by atoms with Crippen LogP contribution in [0.3, 0.4) is 0 Å². The number of hydrogen-bond donors (Lipinski definition) is 3. The van der Waals surface area contributed by atoms with Gasteiger partial charge in [0.2, 0.25) is 0 Å². The zero-order chi connectivity index (χ0) is 16.9. The Morgan fingerprint density at radius 3 is 2.77 bits per heavy atom. The van der Waals surface area contributed by atoms with Gasteiger partial charge >= 0.3 is 5.69 Å². The second-order valence-electron chi connectivity index (χ2n) is 4.14. The summed E-state index contributed by atoms with van der Waals surface area (Å²) in [6.45, 7) is -2.12. The fraction of sp³-hybridized carbons (Fsp3) is 0.500. The van der Waals surface area contributed by atoms with Gasteiger partial charge in [-0.25, -0.2) is 22.5 Å². The van der Waals surface area contributed by atoms with Crippen molar-refractivity contribution < 1.29 is 28.1 Å². The van der Waals surface area contributed by atoms with Gasteiger partial charge in [0, 0.05) is 7.11 Å². The summed E-state index contributed by atoms with van der Waals surface area (Å²) in [5, 5.41) is 19.0. The fourth-order valence-electron chi connectivity index (χ4n) is 1.66. The van der Waals surface area contributed by atoms with Gasteiger partial charge in [-0.15, -0.1) is 0 Å². The van der Waals surface area contributed by atoms with Crippen LogP contribution < -0.4 is 11.4 Å². The summed E-state index contributed by atoms with van der Waals surface area (Å²) in [5.74, 6) is -1.92. The summed E-state index contributed by atoms with van der Waals surface area (Å²) >= 11 is 0. The number of alkyl halides is 2. The number of nitrogens with two attached hydrogens (primary N) is 1. The topological polar surface area (TPSA) is 111 Å². The SMILES string of the molecule is COC(CO)C(O)[C@](F)(C#CCF)n1cc(F)c(N)nc1=O. The van der Waals surface area contributed by atoms with E-state index in [9.17, 15) is 18.7 Å². The van der Waals surface area contributed by atoms with E-state index >= 15 is 4.39 Å². The zero-order valence-electron chi connectivity index (χ0n) is 11.5. The first kappa shape index (κ1) is 18.0. The van der Waals surface area contributed by atoms with Crippen LogP contribution in [0.15, 0.2) is 11.0 Å². The van der Waals surface area contributed by atoms with Crippen LogP contribution in [0.2, 0.25) is 0 Å². The van der Waals surface area contributed by atoms with Crippen molar-refractivity contribution in [2.75, 3.05) is 26.1 Å². The van der Waals surface area contributed by atoms with Crippen molar-refractivity contribution in [1.82, 2.24) is 9.55 Å². The number of anilines is 1. The smallest absolute Gasteiger partial charge is 0.353 e. The van der Waals surface area contributed by atoms with Crippen LogP contribution >= 0.6 is 0 Å². The molecule has 22 heavy (non-hydrogen) atoms. The molecule has 0 saturated heterocycles. The van der Waals surface area contributed by atoms with Crippen molar-refractivity contribution >= 4 is 5.82 Å². The summed E-state index contributed by atoms with van der Waals surface area (Å²) in [6.07, 6.45) is -3.40. The summed E-state index contributed by atoms with van der Waals surface area (Å²) in [7, 11) is 1.05. The molecule has 122 valence electrons. The average Bonchev–Trinajstić information content (AvgIpc) is 2.49. The molecule has 10 heteroatoms. The number of halogens is 3. The van der Waals surface area contributed by atoms with Crippen LogP contribution in [0.25, 0.3) is 0 Å². The lowest BCUT2D eigenvalue weighted by Crippen LogP contribution is -2.52. The van der Waals surface area contributed by atoms with Crippen LogP contribution in [-0.2, 0) is 10.5 Å². The Morgan fingerprint density at radius 1 is 1.64 bits per heavy atom. The minimum Gasteiger partial charge on any atom is -0.394 e. The number of nitrogen functional groups attached to an aromatic ring is 1. The van der Waals surface area contributed by atoms with Crippen LogP contribution in [0, 0.1) is 17.7 Å². The maximum atomic E-state index is 15.0. The molecule has 2 unspecified atom stereocenters. The Kier molecular flexibility index (Phi) is 5.92. The summed E-state index contributed by atoms with van der Waals surface area (Å²) in [6, 6.07) is 0. The number of nitrogens with zero attached hydrogens (tertiary/aromatic N) is 2. The van der Waals surface area contributed by atoms with Crippen LogP contribution in [0.1, 0.15) is 0 Å². The highest BCUT2D eigenvalue weighted by atomic mass is 19.1. The minimum absolute atomic E-state index is 0.0215. The highest BCUT2D eigenvalue weighted by molar-refractivity contribution is 5.28. The Bertz CT molecular complexity index is 639. The number of aliphatic hydroxyl groups excluding tert-OH is 2. The molecule has 0 aromatic carbocycles. The first-order valence-electron chi connectivity index (χ1n) is 5.93. The molecule has 4 N–H and O–H groups in total. The maximum absolute atomic E-state index is 15.0. The normalized spacial score (nSPS) is 16.3. The van der Waals surface area contributed by atoms with E-state index < -0.39 is 48.6 Å². The van der Waals surface area contributed by atoms with Gasteiger partial charge in [-0.1, -0.05) is 5.92 Å². The second-order valence-corrected chi connectivity index (χ2v) is 4.14. The molecule has 0 fully saturated rings. The molecule has 1 rings (SSSR count). The van der Waals surface area contributed by atoms with Crippen LogP contribution in [0.5, 0.6) is 0 Å². The zero-order valence-corrected chi connectivity index (χ0v) is 11.5. The molecular formula is C12H14F3N3O4. The highest BCUT2D eigenvalue weighted by Crippen LogP contribution is 2.25. The molecular weight excluding hydrogens is 307 g/mol. The lowest BCUT2D eigenvalue weighted by molar-refractivity contribution is -0.120. The lowest BCUT2D eigenvalue weighted by Gasteiger charge is -2.31. The van der Waals surface area contributed by atoms with Crippen molar-refractivity contribution in [1.29, 1.82) is 0 Å². The summed E-state index contributed by atoms with van der Waals surface area (Å²) < 4.78 is 45.4. The maximum Gasteiger partial charge on any atom is 0.353 e. The third kappa shape index (κ3) is 3.38. The van der Waals surface area contributed by atoms with E-state index in [0.717, 1.165) is 7.11 Å². The predicted molar refractivity (Wildman–Crippen MR) is 69.6 cm³/mol. The third-order valence-electron chi connectivity index (χ3n) is 2.82. The number of rotatable bonds is 5. The monoisotopic (exact) mass is 321 g/mol. The van der Waals surface area contributed by atoms with Gasteiger partial charge < -0.3 is 20.7 Å². The number of ether oxygens (including phenoxy) is 1. The van der Waals surface area contributed by atoms with Crippen molar-refractivity contribution in [2.45, 2.75) is 18.0 Å². The molecule has 0 spiro atoms. The molecule has 7 nitrogen and oxygen atoms in total. The Labute approximate surface area is 123 Å². The Morgan fingerprint density at radius 2 is 2.27 bits per heavy atom. The van der Waals surface area contributed by atoms with Gasteiger partial charge in [0.1, 0.15) is 12.2 Å². The van der Waals surface area contributed by atoms with E-state index in [-0.39, 0.29) is 4.57 Å². The number of methoxy groups -OCH3 is 1. The molecule has 1 aromatic heterocycles. The first-order chi connectivity index (χ1) is 10.3. The molecule has 1 heterocycles. The minimum atomic E-state index is -3.28. The second kappa shape index (κ2) is 7.26. The fourth-order valence-corrected chi connectivity index (χ4v) is 1.66. The molecule has 0 saturated carbocycles. The van der Waals surface area contributed by atoms with Crippen LogP contribution in [-0.4, -0.2) is 52.4 Å². The van der Waals surface area contributed by atoms with Gasteiger partial charge in [-0.05, 0) is 5.92 Å². The van der Waals surface area contributed by atoms with E-state index in [1.54, 1.807) is 11.8 Å². The van der Waals surface area contributed by atoms with E-state index in [0.29, 0.717) is 6.20 Å². The molecule has 3 atom stereocenters. The molecule has 1 aromatic rings. The number of aliphatic hydroxyl groups is 2. The molecule has 0 aliphatic rings. The van der Waals surface area contributed by atoms with Gasteiger partial charge in [-0.3, -0.25) is 0 Å². The summed E-state index contributed by atoms with van der Waals surface area (Å²) in [4.78, 5) is 14.7. The molecule has 0 bridgehead atoms. The predicted octanol–water partition coefficient (Wildman–Crippen LogP) is -1.07. The Hall–Kier alpha value is -2.09. The van der Waals surface area contributed by atoms with Crippen molar-refractivity contribution in [3.63, 3.8) is 0 Å². The molecule has 0 aliphatic heterocycles. The molecule has 0 aliphatic carbocycles. The summed E-state index contributed by atoms with van der Waals surface area (Å²) in [5.41, 5.74) is 3.72.